The molecule has 0 spiro atoms. The molecule has 26 heavy (non-hydrogen) atoms. The lowest BCUT2D eigenvalue weighted by Crippen LogP contribution is -2.32. The van der Waals surface area contributed by atoms with Crippen molar-refractivity contribution < 1.29 is 9.53 Å². The third-order valence-electron chi connectivity index (χ3n) is 3.82. The summed E-state index contributed by atoms with van der Waals surface area (Å²) < 4.78 is 7.19. The molecule has 0 saturated carbocycles. The van der Waals surface area contributed by atoms with Gasteiger partial charge in [0, 0.05) is 42.8 Å². The summed E-state index contributed by atoms with van der Waals surface area (Å²) in [5.41, 5.74) is 2.91. The lowest BCUT2D eigenvalue weighted by Gasteiger charge is -2.19. The summed E-state index contributed by atoms with van der Waals surface area (Å²) in [6.45, 7) is 9.19. The normalized spacial score (nSPS) is 11.4. The van der Waals surface area contributed by atoms with Gasteiger partial charge in [0.25, 0.3) is 0 Å². The van der Waals surface area contributed by atoms with E-state index in [0.717, 1.165) is 48.9 Å². The second-order valence-electron chi connectivity index (χ2n) is 7.59. The number of hydrogen-bond acceptors (Lipinski definition) is 4. The first-order valence-electron chi connectivity index (χ1n) is 9.25. The Hall–Kier alpha value is -2.37. The Kier molecular flexibility index (Phi) is 7.18. The molecule has 2 aromatic heterocycles. The lowest BCUT2D eigenvalue weighted by molar-refractivity contribution is 0.0527. The van der Waals surface area contributed by atoms with E-state index >= 15 is 0 Å². The molecule has 2 rings (SSSR count). The molecule has 0 aromatic carbocycles. The van der Waals surface area contributed by atoms with E-state index in [1.165, 1.54) is 0 Å². The Labute approximate surface area is 156 Å². The first-order valence-corrected chi connectivity index (χ1v) is 9.25. The van der Waals surface area contributed by atoms with Crippen LogP contribution in [0.15, 0.2) is 30.9 Å². The van der Waals surface area contributed by atoms with E-state index in [-0.39, 0.29) is 6.09 Å². The van der Waals surface area contributed by atoms with E-state index in [0.29, 0.717) is 6.54 Å². The summed E-state index contributed by atoms with van der Waals surface area (Å²) in [7, 11) is 0. The third-order valence-corrected chi connectivity index (χ3v) is 3.82. The monoisotopic (exact) mass is 358 g/mol. The van der Waals surface area contributed by atoms with Crippen molar-refractivity contribution in [3.05, 3.63) is 36.4 Å². The first kappa shape index (κ1) is 19.9. The Morgan fingerprint density at radius 1 is 1.12 bits per heavy atom. The summed E-state index contributed by atoms with van der Waals surface area (Å²) in [6, 6.07) is 2.12. The van der Waals surface area contributed by atoms with Crippen LogP contribution in [0.4, 0.5) is 4.79 Å². The van der Waals surface area contributed by atoms with Crippen molar-refractivity contribution in [2.75, 3.05) is 6.54 Å². The number of unbranched alkanes of at least 4 members (excludes halogenated alkanes) is 3. The molecular weight excluding hydrogens is 328 g/mol. The van der Waals surface area contributed by atoms with Crippen molar-refractivity contribution in [1.29, 1.82) is 0 Å². The first-order chi connectivity index (χ1) is 12.3. The number of pyridine rings is 1. The molecule has 0 aliphatic carbocycles. The lowest BCUT2D eigenvalue weighted by atomic mass is 10.1. The summed E-state index contributed by atoms with van der Waals surface area (Å²) in [5.74, 6) is 0. The molecule has 1 amide bonds. The van der Waals surface area contributed by atoms with Crippen LogP contribution in [0.25, 0.3) is 11.1 Å². The predicted octanol–water partition coefficient (Wildman–Crippen LogP) is 4.34. The van der Waals surface area contributed by atoms with Gasteiger partial charge in [-0.25, -0.2) is 4.79 Å². The smallest absolute Gasteiger partial charge is 0.407 e. The molecule has 0 fully saturated rings. The van der Waals surface area contributed by atoms with Crippen LogP contribution in [-0.2, 0) is 11.3 Å². The molecule has 2 aromatic rings. The quantitative estimate of drug-likeness (QED) is 0.713. The minimum absolute atomic E-state index is 0.341. The molecule has 0 aliphatic heterocycles. The summed E-state index contributed by atoms with van der Waals surface area (Å²) in [4.78, 5) is 15.8. The van der Waals surface area contributed by atoms with Crippen LogP contribution in [0, 0.1) is 6.92 Å². The van der Waals surface area contributed by atoms with Crippen molar-refractivity contribution >= 4 is 6.09 Å². The number of hydrogen-bond donors (Lipinski definition) is 1. The van der Waals surface area contributed by atoms with E-state index in [1.807, 2.05) is 51.0 Å². The molecule has 0 aliphatic rings. The minimum Gasteiger partial charge on any atom is -0.444 e. The average Bonchev–Trinajstić information content (AvgIpc) is 3.01. The maximum atomic E-state index is 11.5. The fraction of sp³-hybridized carbons (Fsp3) is 0.550. The highest BCUT2D eigenvalue weighted by Gasteiger charge is 2.15. The highest BCUT2D eigenvalue weighted by Crippen LogP contribution is 2.18. The Morgan fingerprint density at radius 2 is 1.88 bits per heavy atom. The Balaban J connectivity index is 1.60. The molecule has 0 saturated heterocycles. The van der Waals surface area contributed by atoms with E-state index in [2.05, 4.69) is 27.7 Å². The van der Waals surface area contributed by atoms with E-state index < -0.39 is 5.60 Å². The molecule has 0 atom stereocenters. The summed E-state index contributed by atoms with van der Waals surface area (Å²) >= 11 is 0. The number of nitrogens with zero attached hydrogens (tertiary/aromatic N) is 3. The van der Waals surface area contributed by atoms with Crippen LogP contribution in [-0.4, -0.2) is 33.0 Å². The van der Waals surface area contributed by atoms with Crippen LogP contribution < -0.4 is 5.32 Å². The van der Waals surface area contributed by atoms with E-state index in [9.17, 15) is 4.79 Å². The van der Waals surface area contributed by atoms with Gasteiger partial charge in [-0.15, -0.1) is 0 Å². The number of rotatable bonds is 8. The number of nitrogens with one attached hydrogen (secondary N) is 1. The number of aromatic nitrogens is 3. The fourth-order valence-corrected chi connectivity index (χ4v) is 2.60. The Morgan fingerprint density at radius 3 is 2.62 bits per heavy atom. The second kappa shape index (κ2) is 9.36. The van der Waals surface area contributed by atoms with Gasteiger partial charge in [0.05, 0.1) is 6.20 Å². The molecule has 0 bridgehead atoms. The van der Waals surface area contributed by atoms with Gasteiger partial charge in [-0.3, -0.25) is 9.67 Å². The minimum atomic E-state index is -0.443. The van der Waals surface area contributed by atoms with E-state index in [4.69, 9.17) is 4.74 Å². The largest absolute Gasteiger partial charge is 0.444 e. The maximum Gasteiger partial charge on any atom is 0.407 e. The zero-order valence-electron chi connectivity index (χ0n) is 16.3. The number of amides is 1. The van der Waals surface area contributed by atoms with Gasteiger partial charge >= 0.3 is 6.09 Å². The van der Waals surface area contributed by atoms with Crippen LogP contribution in [0.3, 0.4) is 0 Å². The summed E-state index contributed by atoms with van der Waals surface area (Å²) in [6.07, 6.45) is 11.5. The maximum absolute atomic E-state index is 11.5. The van der Waals surface area contributed by atoms with Gasteiger partial charge in [0.2, 0.25) is 0 Å². The van der Waals surface area contributed by atoms with Crippen LogP contribution in [0.2, 0.25) is 0 Å². The van der Waals surface area contributed by atoms with Crippen LogP contribution >= 0.6 is 0 Å². The Bertz CT molecular complexity index is 704. The van der Waals surface area contributed by atoms with Crippen molar-refractivity contribution in [3.63, 3.8) is 0 Å². The zero-order valence-corrected chi connectivity index (χ0v) is 16.3. The molecular formula is C20H30N4O2. The molecule has 6 nitrogen and oxygen atoms in total. The third kappa shape index (κ3) is 7.25. The molecule has 6 heteroatoms. The van der Waals surface area contributed by atoms with Crippen LogP contribution in [0.5, 0.6) is 0 Å². The summed E-state index contributed by atoms with van der Waals surface area (Å²) in [5, 5.41) is 7.22. The number of carbonyl (C=O) groups excluding carboxylic acids is 1. The second-order valence-corrected chi connectivity index (χ2v) is 7.59. The SMILES string of the molecule is Cc1cncc(-c2cnn(CCCCCCNC(=O)OC(C)(C)C)c2)c1. The molecule has 2 heterocycles. The molecule has 0 radical (unpaired) electrons. The van der Waals surface area contributed by atoms with Gasteiger partial charge < -0.3 is 10.1 Å². The number of alkyl carbamates (subject to hydrolysis) is 1. The van der Waals surface area contributed by atoms with Crippen molar-refractivity contribution in [1.82, 2.24) is 20.1 Å². The van der Waals surface area contributed by atoms with Crippen LogP contribution in [0.1, 0.15) is 52.0 Å². The number of carbonyl (C=O) groups is 1. The number of aryl methyl sites for hydroxylation is 2. The van der Waals surface area contributed by atoms with Gasteiger partial charge in [-0.05, 0) is 52.2 Å². The fourth-order valence-electron chi connectivity index (χ4n) is 2.60. The van der Waals surface area contributed by atoms with Gasteiger partial charge in [0.15, 0.2) is 0 Å². The highest BCUT2D eigenvalue weighted by molar-refractivity contribution is 5.67. The molecule has 142 valence electrons. The van der Waals surface area contributed by atoms with Crippen molar-refractivity contribution in [3.8, 4) is 11.1 Å². The average molecular weight is 358 g/mol. The zero-order chi connectivity index (χ0) is 19.0. The van der Waals surface area contributed by atoms with Crippen molar-refractivity contribution in [2.45, 2.75) is 65.5 Å². The van der Waals surface area contributed by atoms with Gasteiger partial charge in [-0.1, -0.05) is 12.8 Å². The highest BCUT2D eigenvalue weighted by atomic mass is 16.6. The molecule has 0 unspecified atom stereocenters. The standard InChI is InChI=1S/C20H30N4O2/c1-16-11-17(13-21-12-16)18-14-23-24(15-18)10-8-6-5-7-9-22-19(25)26-20(2,3)4/h11-15H,5-10H2,1-4H3,(H,22,25). The molecule has 1 N–H and O–H groups in total. The predicted molar refractivity (Wildman–Crippen MR) is 103 cm³/mol. The number of ether oxygens (including phenoxy) is 1. The topological polar surface area (TPSA) is 69.0 Å². The van der Waals surface area contributed by atoms with Gasteiger partial charge in [0.1, 0.15) is 5.60 Å². The van der Waals surface area contributed by atoms with Gasteiger partial charge in [-0.2, -0.15) is 5.10 Å². The van der Waals surface area contributed by atoms with Crippen molar-refractivity contribution in [2.24, 2.45) is 0 Å². The van der Waals surface area contributed by atoms with E-state index in [1.54, 1.807) is 0 Å².